The van der Waals surface area contributed by atoms with E-state index in [1.54, 1.807) is 6.33 Å². The molecule has 0 spiro atoms. The molecule has 5 N–H and O–H groups in total. The monoisotopic (exact) mass is 318 g/mol. The van der Waals surface area contributed by atoms with Crippen LogP contribution in [-0.4, -0.2) is 20.9 Å². The molecule has 6 heteroatoms. The molecule has 4 aromatic rings. The predicted molar refractivity (Wildman–Crippen MR) is 97.4 cm³/mol. The van der Waals surface area contributed by atoms with Crippen LogP contribution >= 0.6 is 0 Å². The Kier molecular flexibility index (Phi) is 6.16. The third-order valence-corrected chi connectivity index (χ3v) is 2.93. The van der Waals surface area contributed by atoms with E-state index >= 15 is 0 Å². The fraction of sp³-hybridized carbons (Fsp3) is 0. The van der Waals surface area contributed by atoms with Crippen molar-refractivity contribution in [3.8, 4) is 0 Å². The molecule has 2 heterocycles. The van der Waals surface area contributed by atoms with Crippen LogP contribution in [0.2, 0.25) is 0 Å². The van der Waals surface area contributed by atoms with Gasteiger partial charge in [0.15, 0.2) is 5.96 Å². The third kappa shape index (κ3) is 5.34. The SMILES string of the molecule is N=C(N)N.c1ccc2ncccc2c1.c1ccc2ncncc2c1. The van der Waals surface area contributed by atoms with Gasteiger partial charge in [0, 0.05) is 23.2 Å². The van der Waals surface area contributed by atoms with E-state index in [9.17, 15) is 0 Å². The van der Waals surface area contributed by atoms with Crippen LogP contribution in [0.15, 0.2) is 79.4 Å². The van der Waals surface area contributed by atoms with Crippen molar-refractivity contribution in [2.75, 3.05) is 0 Å². The van der Waals surface area contributed by atoms with Crippen LogP contribution in [0.5, 0.6) is 0 Å². The predicted octanol–water partition coefficient (Wildman–Crippen LogP) is 2.70. The van der Waals surface area contributed by atoms with Gasteiger partial charge < -0.3 is 11.5 Å². The van der Waals surface area contributed by atoms with Gasteiger partial charge in [-0.3, -0.25) is 10.4 Å². The molecule has 0 bridgehead atoms. The Morgan fingerprint density at radius 1 is 0.750 bits per heavy atom. The van der Waals surface area contributed by atoms with Crippen LogP contribution in [0.25, 0.3) is 21.8 Å². The first-order valence-corrected chi connectivity index (χ1v) is 7.21. The number of fused-ring (bicyclic) bond motifs is 2. The number of para-hydroxylation sites is 2. The largest absolute Gasteiger partial charge is 0.370 e. The van der Waals surface area contributed by atoms with Gasteiger partial charge in [-0.1, -0.05) is 42.5 Å². The maximum Gasteiger partial charge on any atom is 0.183 e. The highest BCUT2D eigenvalue weighted by Gasteiger charge is 1.88. The number of rotatable bonds is 0. The van der Waals surface area contributed by atoms with Gasteiger partial charge in [0.05, 0.1) is 11.0 Å². The zero-order chi connectivity index (χ0) is 17.2. The number of aromatic nitrogens is 3. The van der Waals surface area contributed by atoms with Gasteiger partial charge in [-0.15, -0.1) is 0 Å². The summed E-state index contributed by atoms with van der Waals surface area (Å²) in [5.41, 5.74) is 11.0. The molecule has 0 amide bonds. The van der Waals surface area contributed by atoms with E-state index in [0.717, 1.165) is 16.4 Å². The maximum absolute atomic E-state index is 6.06. The summed E-state index contributed by atoms with van der Waals surface area (Å²) in [6, 6.07) is 20.0. The smallest absolute Gasteiger partial charge is 0.183 e. The lowest BCUT2D eigenvalue weighted by molar-refractivity contribution is 1.22. The average Bonchev–Trinajstić information content (AvgIpc) is 2.62. The lowest BCUT2D eigenvalue weighted by atomic mass is 10.2. The first kappa shape index (κ1) is 16.8. The minimum atomic E-state index is -0.333. The molecule has 0 aliphatic heterocycles. The number of nitrogens with two attached hydrogens (primary N) is 2. The van der Waals surface area contributed by atoms with Gasteiger partial charge in [0.1, 0.15) is 6.33 Å². The molecule has 4 rings (SSSR count). The Bertz CT molecular complexity index is 717. The van der Waals surface area contributed by atoms with Crippen LogP contribution in [0.4, 0.5) is 0 Å². The van der Waals surface area contributed by atoms with Crippen molar-refractivity contribution in [2.45, 2.75) is 0 Å². The molecule has 6 nitrogen and oxygen atoms in total. The Morgan fingerprint density at radius 2 is 1.29 bits per heavy atom. The van der Waals surface area contributed by atoms with Crippen molar-refractivity contribution in [2.24, 2.45) is 11.5 Å². The lowest BCUT2D eigenvalue weighted by Crippen LogP contribution is -2.20. The minimum absolute atomic E-state index is 0.333. The van der Waals surface area contributed by atoms with Crippen molar-refractivity contribution in [3.63, 3.8) is 0 Å². The minimum Gasteiger partial charge on any atom is -0.370 e. The highest BCUT2D eigenvalue weighted by Crippen LogP contribution is 2.08. The van der Waals surface area contributed by atoms with Crippen molar-refractivity contribution < 1.29 is 0 Å². The average molecular weight is 318 g/mol. The van der Waals surface area contributed by atoms with Crippen LogP contribution in [0.3, 0.4) is 0 Å². The third-order valence-electron chi connectivity index (χ3n) is 2.93. The summed E-state index contributed by atoms with van der Waals surface area (Å²) in [6.07, 6.45) is 5.17. The number of nitrogens with one attached hydrogen (secondary N) is 1. The van der Waals surface area contributed by atoms with E-state index in [2.05, 4.69) is 38.6 Å². The molecule has 0 saturated heterocycles. The molecule has 2 aromatic heterocycles. The molecule has 0 saturated carbocycles. The molecular weight excluding hydrogens is 300 g/mol. The summed E-state index contributed by atoms with van der Waals surface area (Å²) in [7, 11) is 0. The Morgan fingerprint density at radius 3 is 1.92 bits per heavy atom. The molecule has 24 heavy (non-hydrogen) atoms. The van der Waals surface area contributed by atoms with Gasteiger partial charge in [-0.25, -0.2) is 9.97 Å². The molecule has 0 atom stereocenters. The van der Waals surface area contributed by atoms with Gasteiger partial charge in [-0.2, -0.15) is 0 Å². The Hall–Kier alpha value is -3.54. The molecule has 0 aliphatic rings. The number of benzene rings is 2. The first-order valence-electron chi connectivity index (χ1n) is 7.21. The molecule has 0 fully saturated rings. The van der Waals surface area contributed by atoms with Crippen molar-refractivity contribution >= 4 is 27.8 Å². The maximum atomic E-state index is 6.06. The van der Waals surface area contributed by atoms with E-state index in [1.807, 2.05) is 60.9 Å². The second-order valence-electron chi connectivity index (χ2n) is 4.73. The molecule has 0 radical (unpaired) electrons. The second-order valence-corrected chi connectivity index (χ2v) is 4.73. The zero-order valence-corrected chi connectivity index (χ0v) is 13.0. The van der Waals surface area contributed by atoms with E-state index in [1.165, 1.54) is 5.39 Å². The molecule has 2 aromatic carbocycles. The molecule has 120 valence electrons. The van der Waals surface area contributed by atoms with Crippen LogP contribution in [0, 0.1) is 5.41 Å². The number of nitrogens with zero attached hydrogens (tertiary/aromatic N) is 3. The summed E-state index contributed by atoms with van der Waals surface area (Å²) in [6.45, 7) is 0. The van der Waals surface area contributed by atoms with E-state index in [4.69, 9.17) is 5.41 Å². The molecular formula is C18H18N6. The van der Waals surface area contributed by atoms with Crippen molar-refractivity contribution in [1.82, 2.24) is 15.0 Å². The molecule has 0 unspecified atom stereocenters. The normalized spacial score (nSPS) is 9.33. The first-order chi connectivity index (χ1) is 11.7. The van der Waals surface area contributed by atoms with Crippen LogP contribution < -0.4 is 11.5 Å². The van der Waals surface area contributed by atoms with E-state index < -0.39 is 0 Å². The second kappa shape index (κ2) is 8.79. The van der Waals surface area contributed by atoms with Crippen LogP contribution in [-0.2, 0) is 0 Å². The summed E-state index contributed by atoms with van der Waals surface area (Å²) in [5, 5.41) is 8.34. The quantitative estimate of drug-likeness (QED) is 0.340. The Labute approximate surface area is 139 Å². The number of hydrogen-bond donors (Lipinski definition) is 3. The summed E-state index contributed by atoms with van der Waals surface area (Å²) < 4.78 is 0. The fourth-order valence-electron chi connectivity index (χ4n) is 1.94. The van der Waals surface area contributed by atoms with Gasteiger partial charge >= 0.3 is 0 Å². The fourth-order valence-corrected chi connectivity index (χ4v) is 1.94. The topological polar surface area (TPSA) is 115 Å². The summed E-state index contributed by atoms with van der Waals surface area (Å²) in [5.74, 6) is -0.333. The Balaban J connectivity index is 0.000000143. The zero-order valence-electron chi connectivity index (χ0n) is 13.0. The standard InChI is InChI=1S/C9H7N.C8H6N2.CH5N3/c1-2-6-9-8(4-1)5-3-7-10-9;1-2-4-8-7(3-1)5-9-6-10-8;2-1(3)4/h1-7H;1-6H;(H5,2,3,4). The summed E-state index contributed by atoms with van der Waals surface area (Å²) in [4.78, 5) is 12.2. The van der Waals surface area contributed by atoms with Crippen molar-refractivity contribution in [3.05, 3.63) is 79.4 Å². The molecule has 0 aliphatic carbocycles. The van der Waals surface area contributed by atoms with Crippen LogP contribution in [0.1, 0.15) is 0 Å². The lowest BCUT2D eigenvalue weighted by Gasteiger charge is -1.91. The van der Waals surface area contributed by atoms with Crippen molar-refractivity contribution in [1.29, 1.82) is 5.41 Å². The van der Waals surface area contributed by atoms with Gasteiger partial charge in [-0.05, 0) is 18.2 Å². The summed E-state index contributed by atoms with van der Waals surface area (Å²) >= 11 is 0. The van der Waals surface area contributed by atoms with E-state index in [-0.39, 0.29) is 5.96 Å². The van der Waals surface area contributed by atoms with E-state index in [0.29, 0.717) is 0 Å². The number of guanidine groups is 1. The van der Waals surface area contributed by atoms with Gasteiger partial charge in [0.25, 0.3) is 0 Å². The highest BCUT2D eigenvalue weighted by atomic mass is 14.9. The number of pyridine rings is 1. The number of hydrogen-bond acceptors (Lipinski definition) is 4. The highest BCUT2D eigenvalue weighted by molar-refractivity contribution is 5.78. The van der Waals surface area contributed by atoms with Gasteiger partial charge in [0.2, 0.25) is 0 Å².